The highest BCUT2D eigenvalue weighted by Gasteiger charge is 2.16. The lowest BCUT2D eigenvalue weighted by Crippen LogP contribution is -1.92. The molecular formula is C15H11BrN4O2S2. The SMILES string of the molecule is COc1ccc(-c2nn3c(-c4ccc(Br)s4)nnc3s2)cc1OC. The number of benzene rings is 1. The zero-order valence-corrected chi connectivity index (χ0v) is 15.9. The molecule has 24 heavy (non-hydrogen) atoms. The van der Waals surface area contributed by atoms with Crippen LogP contribution in [0.4, 0.5) is 0 Å². The Labute approximate surface area is 153 Å². The summed E-state index contributed by atoms with van der Waals surface area (Å²) in [6.07, 6.45) is 0. The van der Waals surface area contributed by atoms with Gasteiger partial charge in [-0.15, -0.1) is 21.5 Å². The molecule has 0 aliphatic rings. The summed E-state index contributed by atoms with van der Waals surface area (Å²) in [4.78, 5) is 1.76. The predicted molar refractivity (Wildman–Crippen MR) is 98.2 cm³/mol. The van der Waals surface area contributed by atoms with Crippen molar-refractivity contribution in [1.29, 1.82) is 0 Å². The van der Waals surface area contributed by atoms with E-state index in [-0.39, 0.29) is 0 Å². The first-order valence-corrected chi connectivity index (χ1v) is 9.32. The highest BCUT2D eigenvalue weighted by atomic mass is 79.9. The summed E-state index contributed by atoms with van der Waals surface area (Å²) >= 11 is 6.55. The van der Waals surface area contributed by atoms with Gasteiger partial charge >= 0.3 is 0 Å². The molecule has 0 aliphatic carbocycles. The zero-order valence-electron chi connectivity index (χ0n) is 12.7. The van der Waals surface area contributed by atoms with Crippen LogP contribution in [0.2, 0.25) is 0 Å². The summed E-state index contributed by atoms with van der Waals surface area (Å²) in [7, 11) is 3.24. The van der Waals surface area contributed by atoms with Crippen molar-refractivity contribution in [3.8, 4) is 32.8 Å². The van der Waals surface area contributed by atoms with Crippen LogP contribution in [0.3, 0.4) is 0 Å². The average molecular weight is 423 g/mol. The minimum absolute atomic E-state index is 0.670. The second kappa shape index (κ2) is 6.15. The third kappa shape index (κ3) is 2.58. The highest BCUT2D eigenvalue weighted by molar-refractivity contribution is 9.11. The van der Waals surface area contributed by atoms with E-state index in [9.17, 15) is 0 Å². The topological polar surface area (TPSA) is 61.5 Å². The van der Waals surface area contributed by atoms with Gasteiger partial charge in [0.2, 0.25) is 4.96 Å². The Kier molecular flexibility index (Phi) is 3.99. The molecule has 0 fully saturated rings. The molecule has 4 rings (SSSR count). The largest absolute Gasteiger partial charge is 0.493 e. The molecule has 3 heterocycles. The van der Waals surface area contributed by atoms with Gasteiger partial charge in [-0.3, -0.25) is 0 Å². The molecule has 0 unspecified atom stereocenters. The molecule has 0 aliphatic heterocycles. The van der Waals surface area contributed by atoms with E-state index in [1.54, 1.807) is 30.1 Å². The second-order valence-electron chi connectivity index (χ2n) is 4.80. The van der Waals surface area contributed by atoms with Crippen LogP contribution in [0.5, 0.6) is 11.5 Å². The quantitative estimate of drug-likeness (QED) is 0.488. The van der Waals surface area contributed by atoms with Gasteiger partial charge in [-0.25, -0.2) is 0 Å². The minimum atomic E-state index is 0.670. The summed E-state index contributed by atoms with van der Waals surface area (Å²) in [6.45, 7) is 0. The Morgan fingerprint density at radius 3 is 2.54 bits per heavy atom. The lowest BCUT2D eigenvalue weighted by Gasteiger charge is -2.07. The van der Waals surface area contributed by atoms with Crippen molar-refractivity contribution in [3.05, 3.63) is 34.1 Å². The third-order valence-electron chi connectivity index (χ3n) is 3.41. The van der Waals surface area contributed by atoms with Crippen molar-refractivity contribution in [3.63, 3.8) is 0 Å². The first-order chi connectivity index (χ1) is 11.7. The van der Waals surface area contributed by atoms with E-state index in [0.29, 0.717) is 11.5 Å². The van der Waals surface area contributed by atoms with Gasteiger partial charge in [-0.05, 0) is 46.3 Å². The van der Waals surface area contributed by atoms with E-state index in [0.717, 1.165) is 30.0 Å². The summed E-state index contributed by atoms with van der Waals surface area (Å²) in [5, 5.41) is 14.0. The summed E-state index contributed by atoms with van der Waals surface area (Å²) in [5.41, 5.74) is 0.946. The Morgan fingerprint density at radius 2 is 1.83 bits per heavy atom. The zero-order chi connectivity index (χ0) is 16.7. The first-order valence-electron chi connectivity index (χ1n) is 6.90. The molecular weight excluding hydrogens is 412 g/mol. The monoisotopic (exact) mass is 422 g/mol. The third-order valence-corrected chi connectivity index (χ3v) is 5.98. The van der Waals surface area contributed by atoms with Gasteiger partial charge in [-0.2, -0.15) is 9.61 Å². The lowest BCUT2D eigenvalue weighted by atomic mass is 10.2. The number of hydrogen-bond donors (Lipinski definition) is 0. The van der Waals surface area contributed by atoms with Crippen molar-refractivity contribution in [2.45, 2.75) is 0 Å². The predicted octanol–water partition coefficient (Wildman–Crippen LogP) is 4.36. The number of rotatable bonds is 4. The Balaban J connectivity index is 1.80. The van der Waals surface area contributed by atoms with Crippen molar-refractivity contribution < 1.29 is 9.47 Å². The van der Waals surface area contributed by atoms with Gasteiger partial charge in [0.15, 0.2) is 17.3 Å². The van der Waals surface area contributed by atoms with E-state index >= 15 is 0 Å². The number of ether oxygens (including phenoxy) is 2. The molecule has 0 amide bonds. The average Bonchev–Trinajstić information content (AvgIpc) is 3.29. The Hall–Kier alpha value is -1.97. The van der Waals surface area contributed by atoms with E-state index in [1.165, 1.54) is 11.3 Å². The van der Waals surface area contributed by atoms with Crippen LogP contribution >= 0.6 is 38.6 Å². The summed E-state index contributed by atoms with van der Waals surface area (Å²) in [6, 6.07) is 9.72. The van der Waals surface area contributed by atoms with Crippen molar-refractivity contribution >= 4 is 43.6 Å². The maximum absolute atomic E-state index is 5.36. The summed E-state index contributed by atoms with van der Waals surface area (Å²) < 4.78 is 13.5. The molecule has 4 aromatic rings. The van der Waals surface area contributed by atoms with E-state index in [1.807, 2.05) is 30.3 Å². The lowest BCUT2D eigenvalue weighted by molar-refractivity contribution is 0.355. The van der Waals surface area contributed by atoms with Crippen molar-refractivity contribution in [2.75, 3.05) is 14.2 Å². The number of fused-ring (bicyclic) bond motifs is 1. The second-order valence-corrected chi connectivity index (χ2v) is 8.22. The number of thiophene rings is 1. The van der Waals surface area contributed by atoms with Gasteiger partial charge in [-0.1, -0.05) is 11.3 Å². The molecule has 0 bridgehead atoms. The molecule has 0 N–H and O–H groups in total. The van der Waals surface area contributed by atoms with Crippen LogP contribution in [0.25, 0.3) is 26.2 Å². The molecule has 3 aromatic heterocycles. The van der Waals surface area contributed by atoms with Gasteiger partial charge in [0.25, 0.3) is 0 Å². The fourth-order valence-corrected chi connectivity index (χ4v) is 4.48. The van der Waals surface area contributed by atoms with Gasteiger partial charge in [0, 0.05) is 5.56 Å². The van der Waals surface area contributed by atoms with Crippen LogP contribution in [0, 0.1) is 0 Å². The molecule has 0 atom stereocenters. The molecule has 6 nitrogen and oxygen atoms in total. The van der Waals surface area contributed by atoms with Crippen molar-refractivity contribution in [2.24, 2.45) is 0 Å². The molecule has 0 saturated carbocycles. The number of nitrogens with zero attached hydrogens (tertiary/aromatic N) is 4. The van der Waals surface area contributed by atoms with E-state index in [4.69, 9.17) is 9.47 Å². The maximum atomic E-state index is 5.36. The van der Waals surface area contributed by atoms with Crippen LogP contribution in [0.1, 0.15) is 0 Å². The fraction of sp³-hybridized carbons (Fsp3) is 0.133. The van der Waals surface area contributed by atoms with Gasteiger partial charge in [0.1, 0.15) is 5.01 Å². The molecule has 122 valence electrons. The van der Waals surface area contributed by atoms with Gasteiger partial charge in [0.05, 0.1) is 22.9 Å². The number of hydrogen-bond acceptors (Lipinski definition) is 7. The molecule has 0 radical (unpaired) electrons. The minimum Gasteiger partial charge on any atom is -0.493 e. The van der Waals surface area contributed by atoms with E-state index in [2.05, 4.69) is 31.2 Å². The molecule has 1 aromatic carbocycles. The fourth-order valence-electron chi connectivity index (χ4n) is 2.29. The highest BCUT2D eigenvalue weighted by Crippen LogP contribution is 2.36. The normalized spacial score (nSPS) is 11.1. The number of aromatic nitrogens is 4. The Morgan fingerprint density at radius 1 is 1.00 bits per heavy atom. The first kappa shape index (κ1) is 15.6. The molecule has 0 saturated heterocycles. The standard InChI is InChI=1S/C15H11BrN4O2S2/c1-21-9-4-3-8(7-10(9)22-2)14-19-20-13(17-18-15(20)24-14)11-5-6-12(16)23-11/h3-7H,1-2H3. The van der Waals surface area contributed by atoms with Crippen LogP contribution < -0.4 is 9.47 Å². The summed E-state index contributed by atoms with van der Waals surface area (Å²) in [5.74, 6) is 2.10. The smallest absolute Gasteiger partial charge is 0.235 e. The van der Waals surface area contributed by atoms with Gasteiger partial charge < -0.3 is 9.47 Å². The van der Waals surface area contributed by atoms with Crippen LogP contribution in [-0.4, -0.2) is 34.0 Å². The Bertz CT molecular complexity index is 1020. The van der Waals surface area contributed by atoms with Crippen LogP contribution in [0.15, 0.2) is 34.1 Å². The number of methoxy groups -OCH3 is 2. The molecule has 9 heteroatoms. The van der Waals surface area contributed by atoms with Crippen LogP contribution in [-0.2, 0) is 0 Å². The maximum Gasteiger partial charge on any atom is 0.235 e. The molecule has 0 spiro atoms. The number of halogens is 1. The van der Waals surface area contributed by atoms with E-state index < -0.39 is 0 Å². The van der Waals surface area contributed by atoms with Crippen molar-refractivity contribution in [1.82, 2.24) is 19.8 Å².